The van der Waals surface area contributed by atoms with Crippen molar-refractivity contribution in [1.29, 1.82) is 5.26 Å². The lowest BCUT2D eigenvalue weighted by Crippen LogP contribution is -1.92. The molecule has 1 rings (SSSR count). The summed E-state index contributed by atoms with van der Waals surface area (Å²) in [6.45, 7) is 4.36. The van der Waals surface area contributed by atoms with Crippen LogP contribution >= 0.6 is 11.3 Å². The van der Waals surface area contributed by atoms with Gasteiger partial charge in [-0.1, -0.05) is 13.8 Å². The molecule has 0 unspecified atom stereocenters. The number of hydrogen-bond acceptors (Lipinski definition) is 3. The van der Waals surface area contributed by atoms with Crippen LogP contribution in [-0.4, -0.2) is 4.98 Å². The van der Waals surface area contributed by atoms with Crippen molar-refractivity contribution in [3.63, 3.8) is 0 Å². The van der Waals surface area contributed by atoms with Gasteiger partial charge < -0.3 is 0 Å². The fourth-order valence-corrected chi connectivity index (χ4v) is 2.43. The molecule has 3 heteroatoms. The maximum Gasteiger partial charge on any atom is 0.0958 e. The van der Waals surface area contributed by atoms with Crippen LogP contribution in [0.25, 0.3) is 0 Å². The van der Waals surface area contributed by atoms with E-state index in [1.54, 1.807) is 11.3 Å². The van der Waals surface area contributed by atoms with E-state index in [1.807, 2.05) is 6.20 Å². The van der Waals surface area contributed by atoms with Crippen molar-refractivity contribution < 1.29 is 0 Å². The maximum absolute atomic E-state index is 8.51. The van der Waals surface area contributed by atoms with E-state index in [-0.39, 0.29) is 0 Å². The first-order valence-corrected chi connectivity index (χ1v) is 5.45. The molecule has 1 heterocycles. The van der Waals surface area contributed by atoms with Crippen LogP contribution in [0.4, 0.5) is 0 Å². The molecule has 1 aromatic rings. The van der Waals surface area contributed by atoms with Crippen LogP contribution in [0.15, 0.2) is 6.20 Å². The molecule has 0 N–H and O–H groups in total. The van der Waals surface area contributed by atoms with Crippen LogP contribution in [0.5, 0.6) is 0 Å². The highest BCUT2D eigenvalue weighted by Crippen LogP contribution is 2.27. The third-order valence-corrected chi connectivity index (χ3v) is 3.32. The van der Waals surface area contributed by atoms with E-state index in [2.05, 4.69) is 24.9 Å². The Bertz CT molecular complexity index is 294. The van der Waals surface area contributed by atoms with Gasteiger partial charge in [-0.25, -0.2) is 4.98 Å². The van der Waals surface area contributed by atoms with Gasteiger partial charge in [0.2, 0.25) is 0 Å². The average Bonchev–Trinajstić information content (AvgIpc) is 2.56. The van der Waals surface area contributed by atoms with Crippen molar-refractivity contribution in [2.24, 2.45) is 0 Å². The van der Waals surface area contributed by atoms with Crippen molar-refractivity contribution >= 4 is 11.3 Å². The molecular weight excluding hydrogens is 180 g/mol. The molecule has 0 radical (unpaired) electrons. The van der Waals surface area contributed by atoms with Gasteiger partial charge in [-0.3, -0.25) is 0 Å². The molecule has 0 saturated heterocycles. The van der Waals surface area contributed by atoms with E-state index in [0.717, 1.165) is 17.7 Å². The minimum atomic E-state index is 0.498. The summed E-state index contributed by atoms with van der Waals surface area (Å²) >= 11 is 1.68. The molecule has 0 amide bonds. The first-order valence-electron chi connectivity index (χ1n) is 4.63. The van der Waals surface area contributed by atoms with Gasteiger partial charge in [0.05, 0.1) is 17.5 Å². The SMILES string of the molecule is CCC(CC)c1ncc(CC#N)s1. The van der Waals surface area contributed by atoms with Crippen LogP contribution in [0.1, 0.15) is 42.5 Å². The standard InChI is InChI=1S/C10H14N2S/c1-3-8(4-2)10-12-7-9(13-10)5-6-11/h7-8H,3-5H2,1-2H3. The number of thiazole rings is 1. The average molecular weight is 194 g/mol. The van der Waals surface area contributed by atoms with Gasteiger partial charge in [0.25, 0.3) is 0 Å². The van der Waals surface area contributed by atoms with Gasteiger partial charge in [0.15, 0.2) is 0 Å². The summed E-state index contributed by atoms with van der Waals surface area (Å²) in [5.41, 5.74) is 0. The van der Waals surface area contributed by atoms with Gasteiger partial charge in [-0.05, 0) is 12.8 Å². The molecule has 0 spiro atoms. The number of rotatable bonds is 4. The molecule has 0 bridgehead atoms. The van der Waals surface area contributed by atoms with Crippen molar-refractivity contribution in [3.05, 3.63) is 16.1 Å². The summed E-state index contributed by atoms with van der Waals surface area (Å²) in [4.78, 5) is 5.43. The zero-order chi connectivity index (χ0) is 9.68. The normalized spacial score (nSPS) is 10.3. The van der Waals surface area contributed by atoms with Crippen LogP contribution in [0.2, 0.25) is 0 Å². The van der Waals surface area contributed by atoms with Crippen molar-refractivity contribution in [2.45, 2.75) is 39.0 Å². The van der Waals surface area contributed by atoms with Gasteiger partial charge in [0, 0.05) is 17.0 Å². The summed E-state index contributed by atoms with van der Waals surface area (Å²) in [7, 11) is 0. The second-order valence-corrected chi connectivity index (χ2v) is 4.16. The van der Waals surface area contributed by atoms with Gasteiger partial charge in [-0.2, -0.15) is 5.26 Å². The third kappa shape index (κ3) is 2.53. The predicted octanol–water partition coefficient (Wildman–Crippen LogP) is 3.11. The predicted molar refractivity (Wildman–Crippen MR) is 54.8 cm³/mol. The molecule has 0 aromatic carbocycles. The third-order valence-electron chi connectivity index (χ3n) is 2.16. The molecule has 0 aliphatic heterocycles. The topological polar surface area (TPSA) is 36.7 Å². The van der Waals surface area contributed by atoms with E-state index in [4.69, 9.17) is 5.26 Å². The molecule has 2 nitrogen and oxygen atoms in total. The number of aromatic nitrogens is 1. The van der Waals surface area contributed by atoms with E-state index in [9.17, 15) is 0 Å². The minimum Gasteiger partial charge on any atom is -0.249 e. The monoisotopic (exact) mass is 194 g/mol. The maximum atomic E-state index is 8.51. The Balaban J connectivity index is 2.73. The lowest BCUT2D eigenvalue weighted by Gasteiger charge is -2.06. The second-order valence-electron chi connectivity index (χ2n) is 3.01. The van der Waals surface area contributed by atoms with Gasteiger partial charge in [-0.15, -0.1) is 11.3 Å². The Hall–Kier alpha value is -0.880. The summed E-state index contributed by atoms with van der Waals surface area (Å²) in [5, 5.41) is 9.70. The highest BCUT2D eigenvalue weighted by molar-refractivity contribution is 7.11. The minimum absolute atomic E-state index is 0.498. The number of nitriles is 1. The molecular formula is C10H14N2S. The molecule has 0 aliphatic rings. The van der Waals surface area contributed by atoms with Crippen LogP contribution in [0.3, 0.4) is 0 Å². The Morgan fingerprint density at radius 2 is 2.23 bits per heavy atom. The second kappa shape index (κ2) is 4.98. The number of nitrogens with zero attached hydrogens (tertiary/aromatic N) is 2. The van der Waals surface area contributed by atoms with Crippen molar-refractivity contribution in [3.8, 4) is 6.07 Å². The lowest BCUT2D eigenvalue weighted by molar-refractivity contribution is 0.637. The Labute approximate surface area is 83.2 Å². The zero-order valence-electron chi connectivity index (χ0n) is 8.08. The highest BCUT2D eigenvalue weighted by atomic mass is 32.1. The summed E-state index contributed by atoms with van der Waals surface area (Å²) in [6, 6.07) is 2.14. The van der Waals surface area contributed by atoms with Crippen LogP contribution in [0, 0.1) is 11.3 Å². The van der Waals surface area contributed by atoms with Crippen molar-refractivity contribution in [2.75, 3.05) is 0 Å². The van der Waals surface area contributed by atoms with Crippen LogP contribution < -0.4 is 0 Å². The molecule has 0 aliphatic carbocycles. The fraction of sp³-hybridized carbons (Fsp3) is 0.600. The lowest BCUT2D eigenvalue weighted by atomic mass is 10.1. The zero-order valence-corrected chi connectivity index (χ0v) is 8.90. The first-order chi connectivity index (χ1) is 6.31. The Morgan fingerprint density at radius 1 is 1.54 bits per heavy atom. The van der Waals surface area contributed by atoms with Crippen molar-refractivity contribution in [1.82, 2.24) is 4.98 Å². The molecule has 0 atom stereocenters. The van der Waals surface area contributed by atoms with Gasteiger partial charge in [0.1, 0.15) is 0 Å². The van der Waals surface area contributed by atoms with E-state index < -0.39 is 0 Å². The first kappa shape index (κ1) is 10.2. The van der Waals surface area contributed by atoms with E-state index in [0.29, 0.717) is 12.3 Å². The van der Waals surface area contributed by atoms with Gasteiger partial charge >= 0.3 is 0 Å². The smallest absolute Gasteiger partial charge is 0.0958 e. The summed E-state index contributed by atoms with van der Waals surface area (Å²) in [5.74, 6) is 0.581. The molecule has 13 heavy (non-hydrogen) atoms. The molecule has 70 valence electrons. The summed E-state index contributed by atoms with van der Waals surface area (Å²) in [6.07, 6.45) is 4.60. The quantitative estimate of drug-likeness (QED) is 0.738. The van der Waals surface area contributed by atoms with E-state index in [1.165, 1.54) is 5.01 Å². The summed E-state index contributed by atoms with van der Waals surface area (Å²) < 4.78 is 0. The van der Waals surface area contributed by atoms with Crippen LogP contribution in [-0.2, 0) is 6.42 Å². The molecule has 1 aromatic heterocycles. The molecule has 0 fully saturated rings. The van der Waals surface area contributed by atoms with E-state index >= 15 is 0 Å². The molecule has 0 saturated carbocycles. The Morgan fingerprint density at radius 3 is 2.77 bits per heavy atom. The Kier molecular flexibility index (Phi) is 3.91. The fourth-order valence-electron chi connectivity index (χ4n) is 1.31. The largest absolute Gasteiger partial charge is 0.249 e. The highest BCUT2D eigenvalue weighted by Gasteiger charge is 2.10. The number of hydrogen-bond donors (Lipinski definition) is 0.